The lowest BCUT2D eigenvalue weighted by molar-refractivity contribution is -0.318. The van der Waals surface area contributed by atoms with Gasteiger partial charge in [0.2, 0.25) is 0 Å². The lowest BCUT2D eigenvalue weighted by Gasteiger charge is -2.63. The van der Waals surface area contributed by atoms with Crippen LogP contribution in [0.15, 0.2) is 60.7 Å². The number of hydrogen-bond donors (Lipinski definition) is 0. The Morgan fingerprint density at radius 2 is 1.24 bits per heavy atom. The minimum atomic E-state index is -1.71. The molecule has 2 aromatic carbocycles. The van der Waals surface area contributed by atoms with Crippen LogP contribution >= 0.6 is 0 Å². The predicted octanol–water partition coefficient (Wildman–Crippen LogP) is 4.46. The van der Waals surface area contributed by atoms with Gasteiger partial charge in [0.1, 0.15) is 35.9 Å². The minimum Gasteiger partial charge on any atom is -0.461 e. The third-order valence-corrected chi connectivity index (χ3v) is 9.66. The molecule has 0 N–H and O–H groups in total. The van der Waals surface area contributed by atoms with Gasteiger partial charge in [-0.2, -0.15) is 0 Å². The van der Waals surface area contributed by atoms with E-state index in [2.05, 4.69) is 0 Å². The lowest BCUT2D eigenvalue weighted by Crippen LogP contribution is -2.78. The molecule has 2 saturated carbocycles. The second-order valence-electron chi connectivity index (χ2n) is 12.9. The van der Waals surface area contributed by atoms with Crippen LogP contribution < -0.4 is 0 Å². The summed E-state index contributed by atoms with van der Waals surface area (Å²) in [6, 6.07) is 16.7. The number of ether oxygens (including phenoxy) is 6. The first-order chi connectivity index (χ1) is 21.7. The second kappa shape index (κ2) is 12.5. The van der Waals surface area contributed by atoms with E-state index in [0.29, 0.717) is 0 Å². The Kier molecular flexibility index (Phi) is 9.01. The summed E-state index contributed by atoms with van der Waals surface area (Å²) in [7, 11) is 0. The number of benzene rings is 2. The van der Waals surface area contributed by atoms with E-state index >= 15 is 0 Å². The standard InChI is InChI=1S/C35H40O11/c1-20-17-27(42-21(2)36)30(44-23(4)38)34(19-41-31(39)24-13-9-7-10-14-24)28(45-32(40)25-15-11-8-12-16-25)18-26-29(43-22(3)37)35(20,34)46-33(26,5)6/h7-16,20,26-30H,17-19H2,1-6H3/t20-,26+,27+,28+,29+,30+,34+,35+/m0/s1. The molecule has 11 heteroatoms. The van der Waals surface area contributed by atoms with Crippen LogP contribution in [0.25, 0.3) is 0 Å². The van der Waals surface area contributed by atoms with Crippen molar-refractivity contribution in [3.8, 4) is 0 Å². The van der Waals surface area contributed by atoms with Crippen LogP contribution in [0.1, 0.15) is 75.1 Å². The van der Waals surface area contributed by atoms with Gasteiger partial charge in [-0.1, -0.05) is 43.3 Å². The maximum absolute atomic E-state index is 13.8. The number of hydrogen-bond acceptors (Lipinski definition) is 11. The van der Waals surface area contributed by atoms with Gasteiger partial charge in [-0.05, 0) is 56.9 Å². The Morgan fingerprint density at radius 3 is 1.78 bits per heavy atom. The zero-order valence-electron chi connectivity index (χ0n) is 26.8. The van der Waals surface area contributed by atoms with Gasteiger partial charge in [0.15, 0.2) is 6.10 Å². The van der Waals surface area contributed by atoms with Crippen LogP contribution in [-0.4, -0.2) is 72.1 Å². The van der Waals surface area contributed by atoms with E-state index in [9.17, 15) is 24.0 Å². The summed E-state index contributed by atoms with van der Waals surface area (Å²) in [5.74, 6) is -4.29. The molecule has 11 nitrogen and oxygen atoms in total. The van der Waals surface area contributed by atoms with Gasteiger partial charge in [0, 0.05) is 26.7 Å². The summed E-state index contributed by atoms with van der Waals surface area (Å²) in [4.78, 5) is 65.2. The topological polar surface area (TPSA) is 141 Å². The first-order valence-corrected chi connectivity index (χ1v) is 15.4. The van der Waals surface area contributed by atoms with Crippen LogP contribution in [0.2, 0.25) is 0 Å². The van der Waals surface area contributed by atoms with Gasteiger partial charge in [-0.3, -0.25) is 14.4 Å². The fourth-order valence-corrected chi connectivity index (χ4v) is 8.00. The molecule has 46 heavy (non-hydrogen) atoms. The quantitative estimate of drug-likeness (QED) is 0.300. The summed E-state index contributed by atoms with van der Waals surface area (Å²) < 4.78 is 37.3. The second-order valence-corrected chi connectivity index (χ2v) is 12.9. The van der Waals surface area contributed by atoms with Crippen molar-refractivity contribution in [1.82, 2.24) is 0 Å². The van der Waals surface area contributed by atoms with Crippen LogP contribution in [-0.2, 0) is 42.8 Å². The molecular formula is C35H40O11. The number of carbonyl (C=O) groups is 5. The molecule has 3 fully saturated rings. The van der Waals surface area contributed by atoms with Crippen molar-refractivity contribution in [3.05, 3.63) is 71.8 Å². The SMILES string of the molecule is CC(=O)O[C@@H]1[C@H](OC(C)=O)C[C@H](C)[C@]23OC(C)(C)[C@H](C[C@@H](OC(=O)c4ccccc4)[C@]12COC(=O)c1ccccc1)[C@H]3OC(C)=O. The van der Waals surface area contributed by atoms with Gasteiger partial charge >= 0.3 is 29.8 Å². The molecule has 0 amide bonds. The molecule has 2 bridgehead atoms. The third kappa shape index (κ3) is 5.65. The van der Waals surface area contributed by atoms with E-state index in [1.165, 1.54) is 20.8 Å². The maximum atomic E-state index is 13.8. The molecule has 0 aromatic heterocycles. The fraction of sp³-hybridized carbons (Fsp3) is 0.514. The fourth-order valence-electron chi connectivity index (χ4n) is 8.00. The van der Waals surface area contributed by atoms with Crippen molar-refractivity contribution < 1.29 is 52.4 Å². The highest BCUT2D eigenvalue weighted by Gasteiger charge is 2.82. The minimum absolute atomic E-state index is 0.0887. The summed E-state index contributed by atoms with van der Waals surface area (Å²) >= 11 is 0. The number of carbonyl (C=O) groups excluding carboxylic acids is 5. The van der Waals surface area contributed by atoms with Crippen LogP contribution in [0.5, 0.6) is 0 Å². The molecular weight excluding hydrogens is 596 g/mol. The van der Waals surface area contributed by atoms with E-state index in [0.717, 1.165) is 0 Å². The Balaban J connectivity index is 1.76. The highest BCUT2D eigenvalue weighted by Crippen LogP contribution is 2.68. The predicted molar refractivity (Wildman–Crippen MR) is 161 cm³/mol. The highest BCUT2D eigenvalue weighted by atomic mass is 16.6. The molecule has 0 unspecified atom stereocenters. The van der Waals surface area contributed by atoms with E-state index in [1.807, 2.05) is 20.8 Å². The average Bonchev–Trinajstić information content (AvgIpc) is 3.16. The molecule has 1 spiro atoms. The summed E-state index contributed by atoms with van der Waals surface area (Å²) in [5.41, 5.74) is -3.65. The molecule has 2 aromatic rings. The zero-order valence-corrected chi connectivity index (χ0v) is 26.8. The summed E-state index contributed by atoms with van der Waals surface area (Å²) in [6.45, 7) is 8.81. The van der Waals surface area contributed by atoms with Gasteiger partial charge < -0.3 is 28.4 Å². The molecule has 3 aliphatic rings. The van der Waals surface area contributed by atoms with Crippen LogP contribution in [0.3, 0.4) is 0 Å². The first kappa shape index (κ1) is 33.1. The molecule has 5 rings (SSSR count). The van der Waals surface area contributed by atoms with Gasteiger partial charge in [0.25, 0.3) is 0 Å². The summed E-state index contributed by atoms with van der Waals surface area (Å²) in [6.07, 6.45) is -4.19. The van der Waals surface area contributed by atoms with E-state index < -0.39 is 89.3 Å². The first-order valence-electron chi connectivity index (χ1n) is 15.4. The Labute approximate surface area is 267 Å². The molecule has 1 saturated heterocycles. The van der Waals surface area contributed by atoms with Crippen molar-refractivity contribution in [2.75, 3.05) is 6.61 Å². The smallest absolute Gasteiger partial charge is 0.338 e. The number of fused-ring (bicyclic) bond motifs is 1. The van der Waals surface area contributed by atoms with Crippen molar-refractivity contribution >= 4 is 29.8 Å². The maximum Gasteiger partial charge on any atom is 0.338 e. The Hall–Kier alpha value is -4.25. The van der Waals surface area contributed by atoms with Gasteiger partial charge in [-0.25, -0.2) is 9.59 Å². The molecule has 246 valence electrons. The number of rotatable bonds is 8. The van der Waals surface area contributed by atoms with Gasteiger partial charge in [0.05, 0.1) is 16.7 Å². The van der Waals surface area contributed by atoms with Crippen molar-refractivity contribution in [2.45, 2.75) is 90.0 Å². The summed E-state index contributed by atoms with van der Waals surface area (Å²) in [5, 5.41) is 0. The molecule has 0 radical (unpaired) electrons. The zero-order chi connectivity index (χ0) is 33.4. The number of esters is 5. The van der Waals surface area contributed by atoms with Crippen molar-refractivity contribution in [1.29, 1.82) is 0 Å². The molecule has 1 aliphatic heterocycles. The van der Waals surface area contributed by atoms with E-state index in [1.54, 1.807) is 60.7 Å². The molecule has 8 atom stereocenters. The lowest BCUT2D eigenvalue weighted by atomic mass is 9.47. The van der Waals surface area contributed by atoms with Gasteiger partial charge in [-0.15, -0.1) is 0 Å². The molecule has 1 heterocycles. The molecule has 2 aliphatic carbocycles. The Morgan fingerprint density at radius 1 is 0.717 bits per heavy atom. The van der Waals surface area contributed by atoms with Crippen LogP contribution in [0.4, 0.5) is 0 Å². The Bertz CT molecular complexity index is 1490. The van der Waals surface area contributed by atoms with E-state index in [-0.39, 0.29) is 24.0 Å². The van der Waals surface area contributed by atoms with Crippen LogP contribution in [0, 0.1) is 17.3 Å². The third-order valence-electron chi connectivity index (χ3n) is 9.66. The monoisotopic (exact) mass is 636 g/mol. The van der Waals surface area contributed by atoms with Crippen molar-refractivity contribution in [3.63, 3.8) is 0 Å². The average molecular weight is 637 g/mol. The van der Waals surface area contributed by atoms with E-state index in [4.69, 9.17) is 28.4 Å². The van der Waals surface area contributed by atoms with Crippen molar-refractivity contribution in [2.24, 2.45) is 17.3 Å². The highest BCUT2D eigenvalue weighted by molar-refractivity contribution is 5.90. The largest absolute Gasteiger partial charge is 0.461 e. The normalized spacial score (nSPS) is 32.3.